The topological polar surface area (TPSA) is 95.5 Å². The van der Waals surface area contributed by atoms with Crippen molar-refractivity contribution < 1.29 is 27.1 Å². The Bertz CT molecular complexity index is 937. The third kappa shape index (κ3) is 5.48. The number of rotatable bonds is 6. The summed E-state index contributed by atoms with van der Waals surface area (Å²) in [5, 5.41) is 14.1. The van der Waals surface area contributed by atoms with Crippen LogP contribution in [0.2, 0.25) is 0 Å². The molecule has 2 fully saturated rings. The van der Waals surface area contributed by atoms with Gasteiger partial charge in [0.15, 0.2) is 0 Å². The van der Waals surface area contributed by atoms with Gasteiger partial charge in [0, 0.05) is 24.6 Å². The molecule has 3 N–H and O–H groups in total. The first kappa shape index (κ1) is 25.1. The van der Waals surface area contributed by atoms with Crippen LogP contribution in [0.15, 0.2) is 18.2 Å². The molecule has 32 heavy (non-hydrogen) atoms. The number of hydrogen-bond acceptors (Lipinski definition) is 4. The highest BCUT2D eigenvalue weighted by Gasteiger charge is 2.53. The van der Waals surface area contributed by atoms with E-state index in [-0.39, 0.29) is 41.7 Å². The van der Waals surface area contributed by atoms with Gasteiger partial charge in [0.1, 0.15) is 11.6 Å². The molecule has 180 valence electrons. The summed E-state index contributed by atoms with van der Waals surface area (Å²) >= 11 is 0. The maximum atomic E-state index is 13.4. The van der Waals surface area contributed by atoms with Gasteiger partial charge in [0.2, 0.25) is 15.9 Å². The second kappa shape index (κ2) is 9.35. The first-order valence-corrected chi connectivity index (χ1v) is 13.1. The van der Waals surface area contributed by atoms with Gasteiger partial charge in [0.25, 0.3) is 0 Å². The molecule has 0 radical (unpaired) electrons. The van der Waals surface area contributed by atoms with Gasteiger partial charge in [-0.25, -0.2) is 21.9 Å². The molecule has 0 aromatic heterocycles. The minimum atomic E-state index is -3.36. The van der Waals surface area contributed by atoms with E-state index in [2.05, 4.69) is 17.0 Å². The summed E-state index contributed by atoms with van der Waals surface area (Å²) in [4.78, 5) is 12.8. The summed E-state index contributed by atoms with van der Waals surface area (Å²) in [6.45, 7) is 5.88. The molecule has 7 unspecified atom stereocenters. The number of carbonyl (C=O) groups is 1. The van der Waals surface area contributed by atoms with Crippen molar-refractivity contribution >= 4 is 15.9 Å². The number of carbonyl (C=O) groups excluding carboxylic acids is 1. The Balaban J connectivity index is 1.69. The smallest absolute Gasteiger partial charge is 0.223 e. The Morgan fingerprint density at radius 3 is 2.41 bits per heavy atom. The van der Waals surface area contributed by atoms with Crippen molar-refractivity contribution in [1.29, 1.82) is 0 Å². The van der Waals surface area contributed by atoms with E-state index in [0.29, 0.717) is 12.0 Å². The van der Waals surface area contributed by atoms with E-state index in [1.165, 1.54) is 12.1 Å². The van der Waals surface area contributed by atoms with Crippen molar-refractivity contribution in [2.75, 3.05) is 6.26 Å². The van der Waals surface area contributed by atoms with Crippen molar-refractivity contribution in [3.05, 3.63) is 35.4 Å². The number of hydrogen-bond donors (Lipinski definition) is 3. The number of aliphatic hydroxyl groups is 1. The quantitative estimate of drug-likeness (QED) is 0.593. The largest absolute Gasteiger partial charge is 0.392 e. The van der Waals surface area contributed by atoms with Crippen molar-refractivity contribution in [2.24, 2.45) is 29.1 Å². The first-order chi connectivity index (χ1) is 14.8. The number of nitrogens with one attached hydrogen (secondary N) is 2. The van der Waals surface area contributed by atoms with Crippen molar-refractivity contribution in [3.8, 4) is 0 Å². The van der Waals surface area contributed by atoms with E-state index in [1.54, 1.807) is 6.92 Å². The van der Waals surface area contributed by atoms with Crippen LogP contribution in [0.25, 0.3) is 0 Å². The minimum absolute atomic E-state index is 0.00142. The third-order valence-corrected chi connectivity index (χ3v) is 8.43. The summed E-state index contributed by atoms with van der Waals surface area (Å²) in [5.74, 6) is -2.67. The highest BCUT2D eigenvalue weighted by atomic mass is 32.2. The average Bonchev–Trinajstić information content (AvgIpc) is 2.66. The molecule has 3 rings (SSSR count). The van der Waals surface area contributed by atoms with Gasteiger partial charge in [0.05, 0.1) is 12.4 Å². The molecule has 6 nitrogen and oxygen atoms in total. The molecule has 9 heteroatoms. The number of aliphatic hydroxyl groups excluding tert-OH is 1. The standard InChI is InChI=1S/C23H34F2N2O4S/c1-13(22(29)26-12-15-9-16(24)11-17(25)10-15)18-5-7-23(3)8-6-19(27-32(4,30)31)14(2)20(23)21(18)28/h9-11,13-14,18-21,27-28H,5-8,12H2,1-4H3,(H,26,29). The second-order valence-corrected chi connectivity index (χ2v) is 11.8. The van der Waals surface area contributed by atoms with E-state index in [1.807, 2.05) is 6.92 Å². The summed E-state index contributed by atoms with van der Waals surface area (Å²) < 4.78 is 53.1. The first-order valence-electron chi connectivity index (χ1n) is 11.2. The molecular weight excluding hydrogens is 438 g/mol. The molecule has 2 aliphatic carbocycles. The van der Waals surface area contributed by atoms with E-state index in [0.717, 1.165) is 31.6 Å². The lowest BCUT2D eigenvalue weighted by atomic mass is 9.52. The molecule has 0 saturated heterocycles. The van der Waals surface area contributed by atoms with Crippen LogP contribution in [0.5, 0.6) is 0 Å². The predicted octanol–water partition coefficient (Wildman–Crippen LogP) is 2.96. The Morgan fingerprint density at radius 1 is 1.22 bits per heavy atom. The van der Waals surface area contributed by atoms with E-state index in [9.17, 15) is 27.1 Å². The summed E-state index contributed by atoms with van der Waals surface area (Å²) in [7, 11) is -3.36. The second-order valence-electron chi connectivity index (χ2n) is 10.1. The van der Waals surface area contributed by atoms with Crippen LogP contribution in [0.1, 0.15) is 52.0 Å². The Labute approximate surface area is 189 Å². The van der Waals surface area contributed by atoms with Gasteiger partial charge in [-0.05, 0) is 66.5 Å². The number of halogens is 2. The number of benzene rings is 1. The predicted molar refractivity (Wildman–Crippen MR) is 118 cm³/mol. The van der Waals surface area contributed by atoms with Crippen LogP contribution in [0.4, 0.5) is 8.78 Å². The average molecular weight is 473 g/mol. The van der Waals surface area contributed by atoms with Gasteiger partial charge >= 0.3 is 0 Å². The molecule has 2 saturated carbocycles. The summed E-state index contributed by atoms with van der Waals surface area (Å²) in [6.07, 6.45) is 3.46. The van der Waals surface area contributed by atoms with Crippen LogP contribution in [0.3, 0.4) is 0 Å². The van der Waals surface area contributed by atoms with Gasteiger partial charge in [-0.3, -0.25) is 4.79 Å². The van der Waals surface area contributed by atoms with E-state index < -0.39 is 33.7 Å². The lowest BCUT2D eigenvalue weighted by Gasteiger charge is -2.56. The zero-order chi connectivity index (χ0) is 23.8. The van der Waals surface area contributed by atoms with E-state index in [4.69, 9.17) is 0 Å². The van der Waals surface area contributed by atoms with Gasteiger partial charge in [-0.15, -0.1) is 0 Å². The fourth-order valence-corrected chi connectivity index (χ4v) is 6.88. The Hall–Kier alpha value is -1.58. The van der Waals surface area contributed by atoms with Crippen LogP contribution in [0, 0.1) is 40.7 Å². The molecule has 0 heterocycles. The zero-order valence-electron chi connectivity index (χ0n) is 19.1. The van der Waals surface area contributed by atoms with Gasteiger partial charge in [-0.2, -0.15) is 0 Å². The van der Waals surface area contributed by atoms with Crippen LogP contribution in [-0.2, 0) is 21.4 Å². The third-order valence-electron chi connectivity index (χ3n) is 7.70. The van der Waals surface area contributed by atoms with Crippen LogP contribution < -0.4 is 10.0 Å². The van der Waals surface area contributed by atoms with Crippen molar-refractivity contribution in [1.82, 2.24) is 10.0 Å². The maximum absolute atomic E-state index is 13.4. The molecule has 0 spiro atoms. The SMILES string of the molecule is CC(C(=O)NCc1cc(F)cc(F)c1)C1CCC2(C)CCC(NS(C)(=O)=O)C(C)C2C1O. The molecule has 1 aromatic carbocycles. The molecule has 1 aromatic rings. The fourth-order valence-electron chi connectivity index (χ4n) is 5.99. The normalized spacial score (nSPS) is 33.9. The van der Waals surface area contributed by atoms with Crippen LogP contribution >= 0.6 is 0 Å². The zero-order valence-corrected chi connectivity index (χ0v) is 19.9. The summed E-state index contributed by atoms with van der Waals surface area (Å²) in [6, 6.07) is 2.88. The number of fused-ring (bicyclic) bond motifs is 1. The summed E-state index contributed by atoms with van der Waals surface area (Å²) in [5.41, 5.74) is 0.218. The van der Waals surface area contributed by atoms with Crippen molar-refractivity contribution in [2.45, 2.75) is 65.1 Å². The molecular formula is C23H34F2N2O4S. The van der Waals surface area contributed by atoms with Gasteiger partial charge in [-0.1, -0.05) is 20.8 Å². The molecule has 1 amide bonds. The maximum Gasteiger partial charge on any atom is 0.223 e. The molecule has 0 aliphatic heterocycles. The van der Waals surface area contributed by atoms with Crippen molar-refractivity contribution in [3.63, 3.8) is 0 Å². The molecule has 7 atom stereocenters. The van der Waals surface area contributed by atoms with Crippen LogP contribution in [-0.4, -0.2) is 37.8 Å². The fraction of sp³-hybridized carbons (Fsp3) is 0.696. The number of sulfonamides is 1. The monoisotopic (exact) mass is 472 g/mol. The minimum Gasteiger partial charge on any atom is -0.392 e. The number of amides is 1. The molecule has 0 bridgehead atoms. The van der Waals surface area contributed by atoms with E-state index >= 15 is 0 Å². The Morgan fingerprint density at radius 2 is 1.81 bits per heavy atom. The Kier molecular flexibility index (Phi) is 7.32. The lowest BCUT2D eigenvalue weighted by molar-refractivity contribution is -0.141. The highest BCUT2D eigenvalue weighted by Crippen LogP contribution is 2.55. The lowest BCUT2D eigenvalue weighted by Crippen LogP contribution is -2.58. The van der Waals surface area contributed by atoms with Gasteiger partial charge < -0.3 is 10.4 Å². The highest BCUT2D eigenvalue weighted by molar-refractivity contribution is 7.88. The molecule has 2 aliphatic rings.